The minimum Gasteiger partial charge on any atom is -0.310 e. The molecule has 0 radical (unpaired) electrons. The molecule has 0 saturated carbocycles. The molecular formula is C10H12ClN. The molecule has 1 atom stereocenters. The van der Waals surface area contributed by atoms with Crippen LogP contribution in [0.15, 0.2) is 18.2 Å². The van der Waals surface area contributed by atoms with Crippen LogP contribution in [0.3, 0.4) is 0 Å². The Hall–Kier alpha value is -0.530. The van der Waals surface area contributed by atoms with Crippen molar-refractivity contribution in [2.75, 3.05) is 0 Å². The van der Waals surface area contributed by atoms with Crippen LogP contribution in [0.1, 0.15) is 18.1 Å². The molecule has 1 heterocycles. The lowest BCUT2D eigenvalue weighted by Crippen LogP contribution is -2.32. The standard InChI is InChI=1S/C10H12ClN/c1-7-4-9-5-10(11)3-2-8(9)6-12-7/h2-3,5,7,12H,4,6H2,1H3. The second-order valence-electron chi connectivity index (χ2n) is 3.40. The Kier molecular flexibility index (Phi) is 2.07. The van der Waals surface area contributed by atoms with Crippen molar-refractivity contribution in [3.05, 3.63) is 34.3 Å². The Morgan fingerprint density at radius 1 is 1.42 bits per heavy atom. The third-order valence-electron chi connectivity index (χ3n) is 2.34. The zero-order valence-corrected chi connectivity index (χ0v) is 7.86. The molecule has 0 aromatic heterocycles. The van der Waals surface area contributed by atoms with Crippen LogP contribution >= 0.6 is 11.6 Å². The van der Waals surface area contributed by atoms with Crippen molar-refractivity contribution in [2.45, 2.75) is 25.9 Å². The van der Waals surface area contributed by atoms with Crippen LogP contribution in [0.5, 0.6) is 0 Å². The molecule has 0 bridgehead atoms. The number of hydrogen-bond donors (Lipinski definition) is 1. The Morgan fingerprint density at radius 3 is 3.08 bits per heavy atom. The quantitative estimate of drug-likeness (QED) is 0.648. The zero-order valence-electron chi connectivity index (χ0n) is 7.10. The fraction of sp³-hybridized carbons (Fsp3) is 0.400. The Balaban J connectivity index is 2.37. The van der Waals surface area contributed by atoms with Crippen molar-refractivity contribution in [1.29, 1.82) is 0 Å². The fourth-order valence-electron chi connectivity index (χ4n) is 1.64. The van der Waals surface area contributed by atoms with Crippen molar-refractivity contribution < 1.29 is 0 Å². The molecule has 12 heavy (non-hydrogen) atoms. The van der Waals surface area contributed by atoms with E-state index >= 15 is 0 Å². The summed E-state index contributed by atoms with van der Waals surface area (Å²) in [5.74, 6) is 0. The van der Waals surface area contributed by atoms with Crippen LogP contribution in [0.2, 0.25) is 5.02 Å². The van der Waals surface area contributed by atoms with Gasteiger partial charge < -0.3 is 5.32 Å². The van der Waals surface area contributed by atoms with E-state index in [0.29, 0.717) is 6.04 Å². The molecule has 1 nitrogen and oxygen atoms in total. The number of halogens is 1. The van der Waals surface area contributed by atoms with Crippen molar-refractivity contribution in [2.24, 2.45) is 0 Å². The molecule has 1 unspecified atom stereocenters. The van der Waals surface area contributed by atoms with Crippen LogP contribution in [-0.4, -0.2) is 6.04 Å². The van der Waals surface area contributed by atoms with Crippen molar-refractivity contribution >= 4 is 11.6 Å². The SMILES string of the molecule is CC1Cc2cc(Cl)ccc2CN1. The first kappa shape index (κ1) is 8.09. The highest BCUT2D eigenvalue weighted by molar-refractivity contribution is 6.30. The van der Waals surface area contributed by atoms with Crippen LogP contribution in [-0.2, 0) is 13.0 Å². The molecule has 0 saturated heterocycles. The van der Waals surface area contributed by atoms with Gasteiger partial charge in [-0.25, -0.2) is 0 Å². The molecule has 1 aromatic carbocycles. The van der Waals surface area contributed by atoms with Gasteiger partial charge in [-0.2, -0.15) is 0 Å². The smallest absolute Gasteiger partial charge is 0.0408 e. The first-order valence-electron chi connectivity index (χ1n) is 4.26. The topological polar surface area (TPSA) is 12.0 Å². The summed E-state index contributed by atoms with van der Waals surface area (Å²) in [6.45, 7) is 3.18. The largest absolute Gasteiger partial charge is 0.310 e. The van der Waals surface area contributed by atoms with Crippen molar-refractivity contribution in [3.63, 3.8) is 0 Å². The maximum Gasteiger partial charge on any atom is 0.0408 e. The van der Waals surface area contributed by atoms with E-state index in [-0.39, 0.29) is 0 Å². The number of hydrogen-bond acceptors (Lipinski definition) is 1. The van der Waals surface area contributed by atoms with Crippen molar-refractivity contribution in [3.8, 4) is 0 Å². The Bertz CT molecular complexity index is 296. The van der Waals surface area contributed by atoms with Gasteiger partial charge in [0.1, 0.15) is 0 Å². The van der Waals surface area contributed by atoms with Crippen LogP contribution in [0.4, 0.5) is 0 Å². The normalized spacial score (nSPS) is 22.0. The molecule has 0 spiro atoms. The van der Waals surface area contributed by atoms with E-state index < -0.39 is 0 Å². The van der Waals surface area contributed by atoms with E-state index in [1.165, 1.54) is 11.1 Å². The van der Waals surface area contributed by atoms with E-state index in [9.17, 15) is 0 Å². The number of benzene rings is 1. The summed E-state index contributed by atoms with van der Waals surface area (Å²) in [6, 6.07) is 6.72. The minimum atomic E-state index is 0.580. The van der Waals surface area contributed by atoms with E-state index in [2.05, 4.69) is 24.4 Å². The molecule has 0 aliphatic carbocycles. The molecular weight excluding hydrogens is 170 g/mol. The summed E-state index contributed by atoms with van der Waals surface area (Å²) in [5, 5.41) is 4.26. The molecule has 1 aliphatic heterocycles. The molecule has 2 rings (SSSR count). The van der Waals surface area contributed by atoms with E-state index in [1.807, 2.05) is 6.07 Å². The van der Waals surface area contributed by atoms with Gasteiger partial charge in [-0.3, -0.25) is 0 Å². The van der Waals surface area contributed by atoms with Gasteiger partial charge in [0.05, 0.1) is 0 Å². The van der Waals surface area contributed by atoms with E-state index in [4.69, 9.17) is 11.6 Å². The maximum atomic E-state index is 5.90. The third kappa shape index (κ3) is 1.47. The number of rotatable bonds is 0. The molecule has 1 aromatic rings. The highest BCUT2D eigenvalue weighted by Gasteiger charge is 2.13. The van der Waals surface area contributed by atoms with Gasteiger partial charge in [-0.15, -0.1) is 0 Å². The Morgan fingerprint density at radius 2 is 2.25 bits per heavy atom. The van der Waals surface area contributed by atoms with E-state index in [0.717, 1.165) is 18.0 Å². The highest BCUT2D eigenvalue weighted by atomic mass is 35.5. The van der Waals surface area contributed by atoms with Gasteiger partial charge >= 0.3 is 0 Å². The minimum absolute atomic E-state index is 0.580. The summed E-state index contributed by atoms with van der Waals surface area (Å²) in [7, 11) is 0. The second kappa shape index (κ2) is 3.08. The first-order chi connectivity index (χ1) is 5.75. The number of fused-ring (bicyclic) bond motifs is 1. The third-order valence-corrected chi connectivity index (χ3v) is 2.57. The lowest BCUT2D eigenvalue weighted by Gasteiger charge is -2.22. The second-order valence-corrected chi connectivity index (χ2v) is 3.84. The number of nitrogens with one attached hydrogen (secondary N) is 1. The summed E-state index contributed by atoms with van der Waals surface area (Å²) >= 11 is 5.90. The summed E-state index contributed by atoms with van der Waals surface area (Å²) in [5.41, 5.74) is 2.78. The molecule has 1 N–H and O–H groups in total. The fourth-order valence-corrected chi connectivity index (χ4v) is 1.84. The van der Waals surface area contributed by atoms with Gasteiger partial charge in [-0.1, -0.05) is 17.7 Å². The van der Waals surface area contributed by atoms with Gasteiger partial charge in [0.25, 0.3) is 0 Å². The van der Waals surface area contributed by atoms with Gasteiger partial charge in [0.2, 0.25) is 0 Å². The average Bonchev–Trinajstić information content (AvgIpc) is 2.03. The van der Waals surface area contributed by atoms with Crippen LogP contribution < -0.4 is 5.32 Å². The molecule has 1 aliphatic rings. The summed E-state index contributed by atoms with van der Waals surface area (Å²) in [4.78, 5) is 0. The lowest BCUT2D eigenvalue weighted by atomic mass is 9.97. The Labute approximate surface area is 77.7 Å². The summed E-state index contributed by atoms with van der Waals surface area (Å²) < 4.78 is 0. The van der Waals surface area contributed by atoms with Gasteiger partial charge in [0, 0.05) is 17.6 Å². The van der Waals surface area contributed by atoms with E-state index in [1.54, 1.807) is 0 Å². The highest BCUT2D eigenvalue weighted by Crippen LogP contribution is 2.20. The predicted octanol–water partition coefficient (Wildman–Crippen LogP) is 2.37. The monoisotopic (exact) mass is 181 g/mol. The molecule has 0 amide bonds. The maximum absolute atomic E-state index is 5.90. The van der Waals surface area contributed by atoms with Gasteiger partial charge in [0.15, 0.2) is 0 Å². The lowest BCUT2D eigenvalue weighted by molar-refractivity contribution is 0.514. The zero-order chi connectivity index (χ0) is 8.55. The molecule has 2 heteroatoms. The molecule has 64 valence electrons. The average molecular weight is 182 g/mol. The van der Waals surface area contributed by atoms with Crippen molar-refractivity contribution in [1.82, 2.24) is 5.32 Å². The van der Waals surface area contributed by atoms with Crippen LogP contribution in [0.25, 0.3) is 0 Å². The first-order valence-corrected chi connectivity index (χ1v) is 4.64. The molecule has 0 fully saturated rings. The van der Waals surface area contributed by atoms with Crippen LogP contribution in [0, 0.1) is 0 Å². The predicted molar refractivity (Wildman–Crippen MR) is 51.5 cm³/mol. The van der Waals surface area contributed by atoms with Gasteiger partial charge in [-0.05, 0) is 36.6 Å². The summed E-state index contributed by atoms with van der Waals surface area (Å²) in [6.07, 6.45) is 1.09.